The van der Waals surface area contributed by atoms with E-state index in [4.69, 9.17) is 4.11 Å². The van der Waals surface area contributed by atoms with Crippen LogP contribution in [-0.4, -0.2) is 19.9 Å². The fourth-order valence-electron chi connectivity index (χ4n) is 3.25. The first kappa shape index (κ1) is 10.4. The van der Waals surface area contributed by atoms with E-state index >= 15 is 0 Å². The average molecular weight is 296 g/mol. The van der Waals surface area contributed by atoms with Crippen molar-refractivity contribution in [3.05, 3.63) is 53.7 Å². The largest absolute Gasteiger partial charge is 0.347 e. The minimum Gasteiger partial charge on any atom is -0.347 e. The fraction of sp³-hybridized carbons (Fsp3) is 0.333. The summed E-state index contributed by atoms with van der Waals surface area (Å²) < 4.78 is 29.3. The summed E-state index contributed by atoms with van der Waals surface area (Å²) in [6.07, 6.45) is 3.61. The highest BCUT2D eigenvalue weighted by Gasteiger charge is 2.32. The zero-order valence-corrected chi connectivity index (χ0v) is 12.6. The molecule has 112 valence electrons. The molecule has 3 aromatic rings. The van der Waals surface area contributed by atoms with E-state index in [9.17, 15) is 4.79 Å². The lowest BCUT2D eigenvalue weighted by atomic mass is 9.85. The third-order valence-corrected chi connectivity index (χ3v) is 4.42. The summed E-state index contributed by atoms with van der Waals surface area (Å²) in [7, 11) is 1.92. The van der Waals surface area contributed by atoms with Gasteiger partial charge in [-0.25, -0.2) is 4.98 Å². The van der Waals surface area contributed by atoms with Gasteiger partial charge in [0.2, 0.25) is 0 Å². The Morgan fingerprint density at radius 1 is 1.45 bits per heavy atom. The number of hydrogen-bond acceptors (Lipinski definition) is 2. The molecule has 0 amide bonds. The number of ketones is 1. The molecule has 1 aromatic carbocycles. The van der Waals surface area contributed by atoms with Crippen molar-refractivity contribution in [1.29, 1.82) is 0 Å². The average Bonchev–Trinajstić information content (AvgIpc) is 3.14. The number of aryl methyl sites for hydroxylation is 2. The van der Waals surface area contributed by atoms with Crippen LogP contribution in [0.2, 0.25) is 0 Å². The van der Waals surface area contributed by atoms with Crippen molar-refractivity contribution in [3.8, 4) is 0 Å². The first-order valence-electron chi connectivity index (χ1n) is 8.90. The molecule has 0 spiro atoms. The van der Waals surface area contributed by atoms with Gasteiger partial charge in [0.25, 0.3) is 0 Å². The Kier molecular flexibility index (Phi) is 2.28. The van der Waals surface area contributed by atoms with Gasteiger partial charge in [-0.1, -0.05) is 18.2 Å². The zero-order chi connectivity index (χ0) is 18.0. The Balaban J connectivity index is 1.92. The van der Waals surface area contributed by atoms with E-state index < -0.39 is 18.2 Å². The van der Waals surface area contributed by atoms with Crippen LogP contribution < -0.4 is 0 Å². The Bertz CT molecular complexity index is 1000. The third kappa shape index (κ3) is 1.83. The first-order chi connectivity index (χ1) is 11.8. The topological polar surface area (TPSA) is 39.8 Å². The summed E-state index contributed by atoms with van der Waals surface area (Å²) in [6, 6.07) is 7.60. The molecule has 0 aliphatic heterocycles. The third-order valence-electron chi connectivity index (χ3n) is 4.42. The number of para-hydroxylation sites is 1. The highest BCUT2D eigenvalue weighted by Crippen LogP contribution is 2.34. The van der Waals surface area contributed by atoms with Gasteiger partial charge in [-0.2, -0.15) is 0 Å². The van der Waals surface area contributed by atoms with Gasteiger partial charge in [0.1, 0.15) is 5.82 Å². The van der Waals surface area contributed by atoms with Crippen molar-refractivity contribution in [2.24, 2.45) is 12.9 Å². The summed E-state index contributed by atoms with van der Waals surface area (Å²) >= 11 is 0. The fourth-order valence-corrected chi connectivity index (χ4v) is 3.25. The molecule has 4 nitrogen and oxygen atoms in total. The lowest BCUT2D eigenvalue weighted by Gasteiger charge is -2.23. The van der Waals surface area contributed by atoms with E-state index in [-0.39, 0.29) is 6.42 Å². The molecule has 0 saturated heterocycles. The van der Waals surface area contributed by atoms with E-state index in [1.807, 2.05) is 35.9 Å². The SMILES string of the molecule is [2H]C1(C([2H])([2H])n2ccnc2C)CCc2c(c3ccccc3n2C)C1=O. The molecule has 22 heavy (non-hydrogen) atoms. The second-order valence-electron chi connectivity index (χ2n) is 5.66. The maximum atomic E-state index is 13.3. The monoisotopic (exact) mass is 296 g/mol. The van der Waals surface area contributed by atoms with Crippen molar-refractivity contribution in [2.45, 2.75) is 26.3 Å². The van der Waals surface area contributed by atoms with E-state index in [2.05, 4.69) is 4.98 Å². The predicted molar refractivity (Wildman–Crippen MR) is 86.0 cm³/mol. The number of Topliss-reactive ketones (excluding diaryl/α,β-unsaturated/α-hetero) is 1. The van der Waals surface area contributed by atoms with Gasteiger partial charge < -0.3 is 9.13 Å². The molecule has 2 aromatic heterocycles. The van der Waals surface area contributed by atoms with Gasteiger partial charge >= 0.3 is 0 Å². The van der Waals surface area contributed by atoms with Crippen molar-refractivity contribution in [1.82, 2.24) is 14.1 Å². The van der Waals surface area contributed by atoms with Crippen LogP contribution >= 0.6 is 0 Å². The maximum absolute atomic E-state index is 13.3. The summed E-state index contributed by atoms with van der Waals surface area (Å²) in [5.41, 5.74) is 2.30. The second-order valence-corrected chi connectivity index (χ2v) is 5.66. The molecule has 4 rings (SSSR count). The zero-order valence-electron chi connectivity index (χ0n) is 15.6. The normalized spacial score (nSPS) is 23.9. The standard InChI is InChI=1S/C18H19N3O/c1-12-19-9-10-21(12)11-13-7-8-16-17(18(13)22)14-5-3-4-6-15(14)20(16)2/h3-6,9-10,13H,7-8,11H2,1-2H3/i11D2,13D. The minimum absolute atomic E-state index is 0.133. The molecular weight excluding hydrogens is 274 g/mol. The number of hydrogen-bond donors (Lipinski definition) is 0. The van der Waals surface area contributed by atoms with Crippen LogP contribution in [0, 0.1) is 12.8 Å². The minimum atomic E-state index is -2.18. The van der Waals surface area contributed by atoms with Crippen molar-refractivity contribution in [2.75, 3.05) is 0 Å². The summed E-state index contributed by atoms with van der Waals surface area (Å²) in [5, 5.41) is 0.791. The number of fused-ring (bicyclic) bond motifs is 3. The quantitative estimate of drug-likeness (QED) is 0.729. The molecular formula is C18H19N3O. The Morgan fingerprint density at radius 3 is 3.05 bits per heavy atom. The van der Waals surface area contributed by atoms with E-state index in [0.717, 1.165) is 16.6 Å². The molecule has 1 aliphatic carbocycles. The van der Waals surface area contributed by atoms with Crippen LogP contribution in [0.4, 0.5) is 0 Å². The lowest BCUT2D eigenvalue weighted by molar-refractivity contribution is 0.0888. The Morgan fingerprint density at radius 2 is 2.27 bits per heavy atom. The smallest absolute Gasteiger partial charge is 0.170 e. The highest BCUT2D eigenvalue weighted by atomic mass is 16.1. The molecule has 0 bridgehead atoms. The molecule has 4 heteroatoms. The van der Waals surface area contributed by atoms with Crippen LogP contribution in [-0.2, 0) is 20.0 Å². The number of benzene rings is 1. The first-order valence-corrected chi connectivity index (χ1v) is 7.40. The molecule has 2 heterocycles. The van der Waals surface area contributed by atoms with Crippen LogP contribution in [0.3, 0.4) is 0 Å². The Hall–Kier alpha value is -2.36. The number of carbonyl (C=O) groups is 1. The maximum Gasteiger partial charge on any atom is 0.170 e. The van der Waals surface area contributed by atoms with E-state index in [0.29, 0.717) is 17.8 Å². The number of imidazole rings is 1. The molecule has 1 aliphatic rings. The summed E-state index contributed by atoms with van der Waals surface area (Å²) in [5.74, 6) is -1.90. The van der Waals surface area contributed by atoms with Gasteiger partial charge in [0.15, 0.2) is 5.78 Å². The number of aromatic nitrogens is 3. The van der Waals surface area contributed by atoms with Crippen molar-refractivity contribution in [3.63, 3.8) is 0 Å². The van der Waals surface area contributed by atoms with Crippen LogP contribution in [0.15, 0.2) is 36.7 Å². The predicted octanol–water partition coefficient (Wildman–Crippen LogP) is 3.13. The molecule has 0 saturated carbocycles. The number of nitrogens with zero attached hydrogens (tertiary/aromatic N) is 3. The van der Waals surface area contributed by atoms with Crippen LogP contribution in [0.5, 0.6) is 0 Å². The molecule has 1 unspecified atom stereocenters. The van der Waals surface area contributed by atoms with Crippen LogP contribution in [0.25, 0.3) is 10.9 Å². The molecule has 0 radical (unpaired) electrons. The highest BCUT2D eigenvalue weighted by molar-refractivity contribution is 6.11. The molecule has 1 atom stereocenters. The van der Waals surface area contributed by atoms with E-state index in [1.165, 1.54) is 17.0 Å². The van der Waals surface area contributed by atoms with Crippen molar-refractivity contribution >= 4 is 16.7 Å². The number of rotatable bonds is 2. The Labute approximate surface area is 133 Å². The van der Waals surface area contributed by atoms with Gasteiger partial charge in [0.05, 0.1) is 2.74 Å². The van der Waals surface area contributed by atoms with Crippen LogP contribution in [0.1, 0.15) is 32.4 Å². The summed E-state index contributed by atoms with van der Waals surface area (Å²) in [4.78, 5) is 17.4. The van der Waals surface area contributed by atoms with E-state index in [1.54, 1.807) is 6.92 Å². The summed E-state index contributed by atoms with van der Waals surface area (Å²) in [6.45, 7) is -0.503. The number of carbonyl (C=O) groups excluding carboxylic acids is 1. The van der Waals surface area contributed by atoms with Gasteiger partial charge in [-0.05, 0) is 25.8 Å². The molecule has 0 fully saturated rings. The second kappa shape index (κ2) is 4.83. The lowest BCUT2D eigenvalue weighted by Crippen LogP contribution is -2.27. The van der Waals surface area contributed by atoms with Crippen molar-refractivity contribution < 1.29 is 8.91 Å². The van der Waals surface area contributed by atoms with Gasteiger partial charge in [-0.15, -0.1) is 0 Å². The molecule has 0 N–H and O–H groups in total. The van der Waals surface area contributed by atoms with Gasteiger partial charge in [-0.3, -0.25) is 4.79 Å². The van der Waals surface area contributed by atoms with Gasteiger partial charge in [0, 0.05) is 55.4 Å².